The van der Waals surface area contributed by atoms with Crippen molar-refractivity contribution in [2.75, 3.05) is 0 Å². The molecule has 0 bridgehead atoms. The summed E-state index contributed by atoms with van der Waals surface area (Å²) in [6.07, 6.45) is 4.63. The van der Waals surface area contributed by atoms with Crippen molar-refractivity contribution in [2.24, 2.45) is 10.9 Å². The summed E-state index contributed by atoms with van der Waals surface area (Å²) in [6.45, 7) is 4.35. The highest BCUT2D eigenvalue weighted by Gasteiger charge is 1.99. The van der Waals surface area contributed by atoms with E-state index in [1.165, 1.54) is 0 Å². The molecule has 0 aromatic rings. The lowest BCUT2D eigenvalue weighted by Gasteiger charge is -2.05. The number of nitrogens with zero attached hydrogens (tertiary/aromatic N) is 1. The molecule has 0 aliphatic carbocycles. The second kappa shape index (κ2) is 3.23. The van der Waals surface area contributed by atoms with E-state index in [0.29, 0.717) is 5.92 Å². The van der Waals surface area contributed by atoms with E-state index in [-0.39, 0.29) is 0 Å². The van der Waals surface area contributed by atoms with Gasteiger partial charge in [-0.25, -0.2) is 4.99 Å². The molecule has 0 aromatic heterocycles. The van der Waals surface area contributed by atoms with Gasteiger partial charge in [0.15, 0.2) is 0 Å². The summed E-state index contributed by atoms with van der Waals surface area (Å²) in [6, 6.07) is 0. The van der Waals surface area contributed by atoms with E-state index in [1.54, 1.807) is 6.20 Å². The molecule has 0 atom stereocenters. The highest BCUT2D eigenvalue weighted by atomic mass is 14.9. The van der Waals surface area contributed by atoms with E-state index in [1.807, 2.05) is 6.20 Å². The number of aliphatic imine (C=N–C) groups is 1. The van der Waals surface area contributed by atoms with Crippen molar-refractivity contribution in [3.05, 3.63) is 18.1 Å². The molecule has 10 heavy (non-hydrogen) atoms. The van der Waals surface area contributed by atoms with Crippen LogP contribution in [0.1, 0.15) is 20.3 Å². The first-order chi connectivity index (χ1) is 4.79. The van der Waals surface area contributed by atoms with E-state index in [2.05, 4.69) is 30.0 Å². The Morgan fingerprint density at radius 2 is 2.50 bits per heavy atom. The largest absolute Gasteiger partial charge is 0.358 e. The van der Waals surface area contributed by atoms with Crippen LogP contribution in [0.15, 0.2) is 23.1 Å². The molecule has 0 saturated heterocycles. The number of nitrogens with one attached hydrogen (secondary N) is 1. The number of allylic oxidation sites excluding steroid dienone is 1. The quantitative estimate of drug-likeness (QED) is 0.613. The molecular weight excluding hydrogens is 124 g/mol. The molecule has 0 aromatic carbocycles. The standard InChI is InChI=1S/C8H12N2/c1-7(2)5-8-6-9-3-4-10-8/h3,6-7,9H,5H2,1-2H3. The molecular formula is C8H12N2. The van der Waals surface area contributed by atoms with Crippen LogP contribution in [0.2, 0.25) is 0 Å². The van der Waals surface area contributed by atoms with Crippen LogP contribution in [-0.4, -0.2) is 5.87 Å². The lowest BCUT2D eigenvalue weighted by molar-refractivity contribution is 0.636. The molecule has 0 amide bonds. The first kappa shape index (κ1) is 7.10. The van der Waals surface area contributed by atoms with Crippen molar-refractivity contribution in [1.82, 2.24) is 5.32 Å². The van der Waals surface area contributed by atoms with Gasteiger partial charge in [-0.2, -0.15) is 0 Å². The molecule has 2 heteroatoms. The van der Waals surface area contributed by atoms with Crippen molar-refractivity contribution in [3.63, 3.8) is 0 Å². The van der Waals surface area contributed by atoms with E-state index < -0.39 is 0 Å². The maximum atomic E-state index is 4.06. The lowest BCUT2D eigenvalue weighted by atomic mass is 10.1. The van der Waals surface area contributed by atoms with Crippen LogP contribution in [0.3, 0.4) is 0 Å². The highest BCUT2D eigenvalue weighted by molar-refractivity contribution is 5.54. The van der Waals surface area contributed by atoms with Crippen LogP contribution in [0.5, 0.6) is 0 Å². The minimum atomic E-state index is 0.664. The lowest BCUT2D eigenvalue weighted by Crippen LogP contribution is -2.01. The van der Waals surface area contributed by atoms with Gasteiger partial charge < -0.3 is 5.32 Å². The Morgan fingerprint density at radius 3 is 3.00 bits per heavy atom. The Bertz CT molecular complexity index is 195. The van der Waals surface area contributed by atoms with Crippen LogP contribution in [0.4, 0.5) is 0 Å². The topological polar surface area (TPSA) is 24.4 Å². The van der Waals surface area contributed by atoms with Gasteiger partial charge in [-0.1, -0.05) is 13.8 Å². The van der Waals surface area contributed by atoms with E-state index in [0.717, 1.165) is 12.1 Å². The third-order valence-corrected chi connectivity index (χ3v) is 1.22. The van der Waals surface area contributed by atoms with Gasteiger partial charge in [0, 0.05) is 12.1 Å². The average molecular weight is 136 g/mol. The molecule has 0 saturated carbocycles. The maximum absolute atomic E-state index is 4.06. The molecule has 1 rings (SSSR count). The zero-order valence-electron chi connectivity index (χ0n) is 6.39. The van der Waals surface area contributed by atoms with Crippen molar-refractivity contribution in [3.8, 4) is 0 Å². The molecule has 1 aliphatic heterocycles. The SMILES string of the molecule is CC(C)CC1=CNC=C=N1. The second-order valence-corrected chi connectivity index (χ2v) is 2.79. The van der Waals surface area contributed by atoms with Crippen LogP contribution in [0, 0.1) is 5.92 Å². The molecule has 1 N–H and O–H groups in total. The summed E-state index contributed by atoms with van der Waals surface area (Å²) >= 11 is 0. The molecule has 1 aliphatic rings. The number of hydrogen-bond acceptors (Lipinski definition) is 2. The first-order valence-corrected chi connectivity index (χ1v) is 3.52. The predicted octanol–water partition coefficient (Wildman–Crippen LogP) is 1.66. The van der Waals surface area contributed by atoms with Gasteiger partial charge in [0.25, 0.3) is 0 Å². The third kappa shape index (κ3) is 2.08. The van der Waals surface area contributed by atoms with Crippen LogP contribution < -0.4 is 5.32 Å². The Morgan fingerprint density at radius 1 is 1.70 bits per heavy atom. The van der Waals surface area contributed by atoms with Crippen molar-refractivity contribution in [1.29, 1.82) is 0 Å². The highest BCUT2D eigenvalue weighted by Crippen LogP contribution is 2.10. The Kier molecular flexibility index (Phi) is 2.30. The number of hydrogen-bond donors (Lipinski definition) is 1. The molecule has 0 fully saturated rings. The Labute approximate surface area is 61.4 Å². The van der Waals surface area contributed by atoms with Crippen molar-refractivity contribution in [2.45, 2.75) is 20.3 Å². The van der Waals surface area contributed by atoms with Crippen LogP contribution >= 0.6 is 0 Å². The molecule has 0 radical (unpaired) electrons. The summed E-state index contributed by atoms with van der Waals surface area (Å²) in [5, 5.41) is 2.95. The zero-order valence-corrected chi connectivity index (χ0v) is 6.39. The normalized spacial score (nSPS) is 15.3. The third-order valence-electron chi connectivity index (χ3n) is 1.22. The van der Waals surface area contributed by atoms with E-state index in [9.17, 15) is 0 Å². The zero-order chi connectivity index (χ0) is 7.40. The second-order valence-electron chi connectivity index (χ2n) is 2.79. The summed E-state index contributed by atoms with van der Waals surface area (Å²) in [5.41, 5.74) is 1.08. The molecule has 1 heterocycles. The fraction of sp³-hybridized carbons (Fsp3) is 0.500. The van der Waals surface area contributed by atoms with Gasteiger partial charge in [0.05, 0.1) is 11.9 Å². The summed E-state index contributed by atoms with van der Waals surface area (Å²) in [5.74, 6) is 3.42. The minimum absolute atomic E-state index is 0.664. The molecule has 0 unspecified atom stereocenters. The van der Waals surface area contributed by atoms with Crippen LogP contribution in [0.25, 0.3) is 0 Å². The van der Waals surface area contributed by atoms with Crippen molar-refractivity contribution >= 4 is 5.87 Å². The molecule has 2 nitrogen and oxygen atoms in total. The molecule has 54 valence electrons. The number of rotatable bonds is 2. The molecule has 0 spiro atoms. The van der Waals surface area contributed by atoms with Gasteiger partial charge in [0.1, 0.15) is 0 Å². The van der Waals surface area contributed by atoms with E-state index in [4.69, 9.17) is 0 Å². The average Bonchev–Trinajstić information content (AvgIpc) is 1.88. The maximum Gasteiger partial charge on any atom is 0.0666 e. The predicted molar refractivity (Wildman–Crippen MR) is 42.7 cm³/mol. The fourth-order valence-corrected chi connectivity index (χ4v) is 0.845. The van der Waals surface area contributed by atoms with E-state index >= 15 is 0 Å². The summed E-state index contributed by atoms with van der Waals surface area (Å²) in [7, 11) is 0. The van der Waals surface area contributed by atoms with Gasteiger partial charge in [-0.05, 0) is 12.3 Å². The van der Waals surface area contributed by atoms with Gasteiger partial charge in [-0.15, -0.1) is 0 Å². The van der Waals surface area contributed by atoms with Crippen molar-refractivity contribution < 1.29 is 0 Å². The monoisotopic (exact) mass is 136 g/mol. The van der Waals surface area contributed by atoms with Gasteiger partial charge >= 0.3 is 0 Å². The summed E-state index contributed by atoms with van der Waals surface area (Å²) < 4.78 is 0. The summed E-state index contributed by atoms with van der Waals surface area (Å²) in [4.78, 5) is 4.06. The van der Waals surface area contributed by atoms with Crippen LogP contribution in [-0.2, 0) is 0 Å². The Hall–Kier alpha value is -1.01. The smallest absolute Gasteiger partial charge is 0.0666 e. The fourth-order valence-electron chi connectivity index (χ4n) is 0.845. The first-order valence-electron chi connectivity index (χ1n) is 3.52. The van der Waals surface area contributed by atoms with Gasteiger partial charge in [0.2, 0.25) is 0 Å². The Balaban J connectivity index is 2.50. The minimum Gasteiger partial charge on any atom is -0.358 e. The van der Waals surface area contributed by atoms with Gasteiger partial charge in [-0.3, -0.25) is 0 Å².